The summed E-state index contributed by atoms with van der Waals surface area (Å²) in [5.74, 6) is 0.559. The number of halogens is 1. The Bertz CT molecular complexity index is 831. The Morgan fingerprint density at radius 3 is 2.32 bits per heavy atom. The zero-order chi connectivity index (χ0) is 15.7. The molecule has 3 rings (SSSR count). The highest BCUT2D eigenvalue weighted by molar-refractivity contribution is 6.18. The molecule has 22 heavy (non-hydrogen) atoms. The van der Waals surface area contributed by atoms with E-state index in [-0.39, 0.29) is 0 Å². The van der Waals surface area contributed by atoms with Gasteiger partial charge in [0.1, 0.15) is 0 Å². The molecule has 0 saturated heterocycles. The summed E-state index contributed by atoms with van der Waals surface area (Å²) in [5.41, 5.74) is 8.02. The SMILES string of the molecule is Cc1ccc2c(Cc3cccc(C)c3C)ccc(CCl)c2c1. The molecule has 0 N–H and O–H groups in total. The zero-order valence-electron chi connectivity index (χ0n) is 13.4. The summed E-state index contributed by atoms with van der Waals surface area (Å²) in [4.78, 5) is 0. The van der Waals surface area contributed by atoms with Gasteiger partial charge in [0.25, 0.3) is 0 Å². The van der Waals surface area contributed by atoms with E-state index in [0.717, 1.165) is 6.42 Å². The highest BCUT2D eigenvalue weighted by atomic mass is 35.5. The van der Waals surface area contributed by atoms with Crippen molar-refractivity contribution in [3.63, 3.8) is 0 Å². The first-order chi connectivity index (χ1) is 10.6. The predicted molar refractivity (Wildman–Crippen MR) is 97.0 cm³/mol. The van der Waals surface area contributed by atoms with Crippen LogP contribution in [0.25, 0.3) is 10.8 Å². The van der Waals surface area contributed by atoms with Crippen LogP contribution in [0.3, 0.4) is 0 Å². The Morgan fingerprint density at radius 1 is 0.773 bits per heavy atom. The zero-order valence-corrected chi connectivity index (χ0v) is 14.2. The Labute approximate surface area is 137 Å². The van der Waals surface area contributed by atoms with Crippen LogP contribution in [0.4, 0.5) is 0 Å². The summed E-state index contributed by atoms with van der Waals surface area (Å²) < 4.78 is 0. The number of fused-ring (bicyclic) bond motifs is 1. The number of hydrogen-bond donors (Lipinski definition) is 0. The van der Waals surface area contributed by atoms with Gasteiger partial charge in [-0.3, -0.25) is 0 Å². The molecule has 0 aliphatic heterocycles. The fraction of sp³-hybridized carbons (Fsp3) is 0.238. The third-order valence-electron chi connectivity index (χ3n) is 4.59. The van der Waals surface area contributed by atoms with Crippen molar-refractivity contribution in [2.24, 2.45) is 0 Å². The van der Waals surface area contributed by atoms with Crippen molar-refractivity contribution in [3.05, 3.63) is 81.9 Å². The minimum absolute atomic E-state index is 0.559. The maximum absolute atomic E-state index is 6.12. The molecule has 0 fully saturated rings. The molecule has 0 bridgehead atoms. The molecule has 0 nitrogen and oxygen atoms in total. The quantitative estimate of drug-likeness (QED) is 0.513. The van der Waals surface area contributed by atoms with Crippen LogP contribution in [-0.2, 0) is 12.3 Å². The van der Waals surface area contributed by atoms with E-state index in [1.54, 1.807) is 0 Å². The van der Waals surface area contributed by atoms with Crippen molar-refractivity contribution in [3.8, 4) is 0 Å². The van der Waals surface area contributed by atoms with Gasteiger partial charge in [0.2, 0.25) is 0 Å². The van der Waals surface area contributed by atoms with E-state index in [1.807, 2.05) is 0 Å². The molecule has 1 heteroatoms. The van der Waals surface area contributed by atoms with Gasteiger partial charge >= 0.3 is 0 Å². The largest absolute Gasteiger partial charge is 0.122 e. The maximum atomic E-state index is 6.12. The lowest BCUT2D eigenvalue weighted by Crippen LogP contribution is -1.96. The molecular weight excluding hydrogens is 288 g/mol. The third-order valence-corrected chi connectivity index (χ3v) is 4.88. The highest BCUT2D eigenvalue weighted by Gasteiger charge is 2.08. The Hall–Kier alpha value is -1.79. The number of alkyl halides is 1. The number of benzene rings is 3. The monoisotopic (exact) mass is 308 g/mol. The molecule has 3 aromatic rings. The van der Waals surface area contributed by atoms with E-state index in [2.05, 4.69) is 69.3 Å². The molecule has 0 radical (unpaired) electrons. The van der Waals surface area contributed by atoms with Crippen molar-refractivity contribution in [2.45, 2.75) is 33.1 Å². The number of hydrogen-bond acceptors (Lipinski definition) is 0. The second-order valence-electron chi connectivity index (χ2n) is 6.10. The topological polar surface area (TPSA) is 0 Å². The maximum Gasteiger partial charge on any atom is 0.0480 e. The van der Waals surface area contributed by atoms with Crippen LogP contribution in [0.5, 0.6) is 0 Å². The summed E-state index contributed by atoms with van der Waals surface area (Å²) in [6.07, 6.45) is 0.968. The number of aryl methyl sites for hydroxylation is 2. The molecule has 3 aromatic carbocycles. The molecule has 0 aromatic heterocycles. The minimum Gasteiger partial charge on any atom is -0.122 e. The molecule has 0 aliphatic carbocycles. The van der Waals surface area contributed by atoms with Crippen molar-refractivity contribution in [1.29, 1.82) is 0 Å². The summed E-state index contributed by atoms with van der Waals surface area (Å²) in [6.45, 7) is 6.52. The van der Waals surface area contributed by atoms with Crippen LogP contribution < -0.4 is 0 Å². The molecule has 0 aliphatic rings. The average molecular weight is 309 g/mol. The van der Waals surface area contributed by atoms with Gasteiger partial charge in [-0.2, -0.15) is 0 Å². The molecule has 0 saturated carbocycles. The van der Waals surface area contributed by atoms with Gasteiger partial charge in [-0.15, -0.1) is 11.6 Å². The van der Waals surface area contributed by atoms with E-state index in [0.29, 0.717) is 5.88 Å². The third kappa shape index (κ3) is 2.76. The Balaban J connectivity index is 2.14. The van der Waals surface area contributed by atoms with Gasteiger partial charge in [-0.25, -0.2) is 0 Å². The molecule has 0 heterocycles. The van der Waals surface area contributed by atoms with Gasteiger partial charge in [-0.1, -0.05) is 54.1 Å². The Kier molecular flexibility index (Phi) is 4.22. The average Bonchev–Trinajstić information content (AvgIpc) is 2.51. The molecule has 0 unspecified atom stereocenters. The fourth-order valence-electron chi connectivity index (χ4n) is 3.06. The van der Waals surface area contributed by atoms with Crippen molar-refractivity contribution >= 4 is 22.4 Å². The first-order valence-corrected chi connectivity index (χ1v) is 8.26. The summed E-state index contributed by atoms with van der Waals surface area (Å²) in [7, 11) is 0. The lowest BCUT2D eigenvalue weighted by Gasteiger charge is -2.13. The van der Waals surface area contributed by atoms with Crippen LogP contribution in [0, 0.1) is 20.8 Å². The minimum atomic E-state index is 0.559. The van der Waals surface area contributed by atoms with E-state index in [4.69, 9.17) is 11.6 Å². The molecular formula is C21H21Cl. The van der Waals surface area contributed by atoms with E-state index < -0.39 is 0 Å². The number of rotatable bonds is 3. The molecule has 0 spiro atoms. The predicted octanol–water partition coefficient (Wildman–Crippen LogP) is 6.09. The fourth-order valence-corrected chi connectivity index (χ4v) is 3.30. The van der Waals surface area contributed by atoms with Gasteiger partial charge < -0.3 is 0 Å². The van der Waals surface area contributed by atoms with Gasteiger partial charge in [0.05, 0.1) is 0 Å². The molecule has 0 amide bonds. The Morgan fingerprint density at radius 2 is 1.55 bits per heavy atom. The van der Waals surface area contributed by atoms with Crippen molar-refractivity contribution in [1.82, 2.24) is 0 Å². The first-order valence-electron chi connectivity index (χ1n) is 7.72. The summed E-state index contributed by atoms with van der Waals surface area (Å²) in [6, 6.07) is 17.6. The van der Waals surface area contributed by atoms with Crippen LogP contribution in [0.15, 0.2) is 48.5 Å². The summed E-state index contributed by atoms with van der Waals surface area (Å²) >= 11 is 6.12. The normalized spacial score (nSPS) is 11.1. The van der Waals surface area contributed by atoms with Crippen molar-refractivity contribution < 1.29 is 0 Å². The molecule has 0 atom stereocenters. The van der Waals surface area contributed by atoms with Gasteiger partial charge in [0.15, 0.2) is 0 Å². The van der Waals surface area contributed by atoms with Crippen LogP contribution >= 0.6 is 11.6 Å². The van der Waals surface area contributed by atoms with Crippen LogP contribution in [0.2, 0.25) is 0 Å². The van der Waals surface area contributed by atoms with Gasteiger partial charge in [0, 0.05) is 5.88 Å². The standard InChI is InChI=1S/C21H21Cl/c1-14-7-10-20-18(8-9-19(13-22)21(20)11-14)12-17-6-4-5-15(2)16(17)3/h4-11H,12-13H2,1-3H3. The van der Waals surface area contributed by atoms with E-state index in [1.165, 1.54) is 44.2 Å². The highest BCUT2D eigenvalue weighted by Crippen LogP contribution is 2.28. The lowest BCUT2D eigenvalue weighted by atomic mass is 9.92. The summed E-state index contributed by atoms with van der Waals surface area (Å²) in [5, 5.41) is 2.61. The van der Waals surface area contributed by atoms with E-state index >= 15 is 0 Å². The second-order valence-corrected chi connectivity index (χ2v) is 6.37. The first kappa shape index (κ1) is 15.1. The smallest absolute Gasteiger partial charge is 0.0480 e. The van der Waals surface area contributed by atoms with Crippen LogP contribution in [0.1, 0.15) is 33.4 Å². The van der Waals surface area contributed by atoms with Crippen molar-refractivity contribution in [2.75, 3.05) is 0 Å². The molecule has 112 valence electrons. The van der Waals surface area contributed by atoms with E-state index in [9.17, 15) is 0 Å². The lowest BCUT2D eigenvalue weighted by molar-refractivity contribution is 1.15. The van der Waals surface area contributed by atoms with Gasteiger partial charge in [-0.05, 0) is 65.8 Å². The second kappa shape index (κ2) is 6.14. The van der Waals surface area contributed by atoms with Crippen LogP contribution in [-0.4, -0.2) is 0 Å².